The maximum atomic E-state index is 11.8. The average Bonchev–Trinajstić information content (AvgIpc) is 2.58. The molecule has 6 nitrogen and oxygen atoms in total. The Morgan fingerprint density at radius 2 is 2.16 bits per heavy atom. The molecule has 0 bridgehead atoms. The maximum Gasteiger partial charge on any atom is 0.326 e. The van der Waals surface area contributed by atoms with Gasteiger partial charge in [-0.1, -0.05) is 0 Å². The van der Waals surface area contributed by atoms with E-state index < -0.39 is 5.60 Å². The summed E-state index contributed by atoms with van der Waals surface area (Å²) in [6.45, 7) is 5.49. The number of hydrogen-bond donors (Lipinski definition) is 1. The van der Waals surface area contributed by atoms with Gasteiger partial charge in [0.05, 0.1) is 5.39 Å². The van der Waals surface area contributed by atoms with Crippen LogP contribution in [-0.2, 0) is 16.1 Å². The van der Waals surface area contributed by atoms with Crippen molar-refractivity contribution in [2.75, 3.05) is 5.73 Å². The zero-order valence-corrected chi connectivity index (χ0v) is 11.7. The summed E-state index contributed by atoms with van der Waals surface area (Å²) in [5.74, 6) is -0.0590. The highest BCUT2D eigenvalue weighted by atomic mass is 35.5. The first-order valence-electron chi connectivity index (χ1n) is 5.76. The molecule has 0 spiro atoms. The standard InChI is InChI=1S/C12H15ClN4O2/c1-12(2,3)19-8(18)6-17-5-4-7-9(14)15-11(13)16-10(7)17/h4-5H,6H2,1-3H3,(H2,14,15,16). The molecule has 0 atom stereocenters. The van der Waals surface area contributed by atoms with E-state index in [1.807, 2.05) is 20.8 Å². The molecular weight excluding hydrogens is 268 g/mol. The Hall–Kier alpha value is -1.82. The summed E-state index contributed by atoms with van der Waals surface area (Å²) in [5, 5.41) is 0.710. The van der Waals surface area contributed by atoms with Gasteiger partial charge >= 0.3 is 5.97 Å². The molecule has 0 aromatic carbocycles. The molecule has 0 radical (unpaired) electrons. The van der Waals surface area contributed by atoms with Crippen LogP contribution >= 0.6 is 11.6 Å². The molecule has 0 saturated carbocycles. The van der Waals surface area contributed by atoms with Crippen molar-refractivity contribution in [2.24, 2.45) is 0 Å². The molecule has 0 fully saturated rings. The highest BCUT2D eigenvalue weighted by Crippen LogP contribution is 2.21. The highest BCUT2D eigenvalue weighted by Gasteiger charge is 2.18. The minimum absolute atomic E-state index is 0.0492. The molecule has 0 aliphatic rings. The summed E-state index contributed by atoms with van der Waals surface area (Å²) >= 11 is 5.76. The van der Waals surface area contributed by atoms with Crippen LogP contribution in [0.1, 0.15) is 20.8 Å². The van der Waals surface area contributed by atoms with Crippen molar-refractivity contribution in [3.63, 3.8) is 0 Å². The summed E-state index contributed by atoms with van der Waals surface area (Å²) in [6, 6.07) is 1.74. The first-order chi connectivity index (χ1) is 8.76. The Morgan fingerprint density at radius 3 is 2.79 bits per heavy atom. The largest absolute Gasteiger partial charge is 0.459 e. The van der Waals surface area contributed by atoms with E-state index in [9.17, 15) is 4.79 Å². The number of aromatic nitrogens is 3. The molecule has 2 rings (SSSR count). The van der Waals surface area contributed by atoms with E-state index in [1.165, 1.54) is 0 Å². The van der Waals surface area contributed by atoms with Crippen LogP contribution < -0.4 is 5.73 Å². The van der Waals surface area contributed by atoms with Crippen molar-refractivity contribution >= 4 is 34.4 Å². The number of carbonyl (C=O) groups is 1. The molecule has 0 unspecified atom stereocenters. The fourth-order valence-electron chi connectivity index (χ4n) is 1.70. The normalized spacial score (nSPS) is 11.8. The third-order valence-electron chi connectivity index (χ3n) is 2.34. The number of nitrogen functional groups attached to an aromatic ring is 1. The third kappa shape index (κ3) is 3.14. The molecule has 2 heterocycles. The Balaban J connectivity index is 2.29. The zero-order chi connectivity index (χ0) is 14.2. The lowest BCUT2D eigenvalue weighted by Crippen LogP contribution is -2.26. The van der Waals surface area contributed by atoms with Gasteiger partial charge in [0.25, 0.3) is 0 Å². The van der Waals surface area contributed by atoms with Crippen molar-refractivity contribution in [1.82, 2.24) is 14.5 Å². The summed E-state index contributed by atoms with van der Waals surface area (Å²) in [5.41, 5.74) is 5.73. The molecule has 7 heteroatoms. The van der Waals surface area contributed by atoms with Gasteiger partial charge in [0.15, 0.2) is 0 Å². The Morgan fingerprint density at radius 1 is 1.47 bits per heavy atom. The van der Waals surface area contributed by atoms with Gasteiger partial charge in [0.1, 0.15) is 23.6 Å². The van der Waals surface area contributed by atoms with Crippen LogP contribution in [0.15, 0.2) is 12.3 Å². The van der Waals surface area contributed by atoms with Crippen molar-refractivity contribution < 1.29 is 9.53 Å². The Labute approximate surface area is 115 Å². The number of nitrogens with two attached hydrogens (primary N) is 1. The first kappa shape index (κ1) is 13.6. The number of fused-ring (bicyclic) bond motifs is 1. The van der Waals surface area contributed by atoms with Crippen LogP contribution in [0, 0.1) is 0 Å². The second-order valence-electron chi connectivity index (χ2n) is 5.15. The van der Waals surface area contributed by atoms with Crippen LogP contribution in [0.2, 0.25) is 5.28 Å². The molecule has 2 aromatic heterocycles. The number of rotatable bonds is 2. The maximum absolute atomic E-state index is 11.8. The number of nitrogens with zero attached hydrogens (tertiary/aromatic N) is 3. The van der Waals surface area contributed by atoms with E-state index in [-0.39, 0.29) is 23.6 Å². The molecule has 102 valence electrons. The van der Waals surface area contributed by atoms with Crippen LogP contribution in [0.4, 0.5) is 5.82 Å². The molecular formula is C12H15ClN4O2. The van der Waals surface area contributed by atoms with Gasteiger partial charge in [-0.15, -0.1) is 0 Å². The van der Waals surface area contributed by atoms with Crippen molar-refractivity contribution in [3.8, 4) is 0 Å². The SMILES string of the molecule is CC(C)(C)OC(=O)Cn1ccc2c(N)nc(Cl)nc21. The number of halogens is 1. The molecule has 0 aliphatic heterocycles. The number of esters is 1. The average molecular weight is 283 g/mol. The van der Waals surface area contributed by atoms with E-state index in [2.05, 4.69) is 9.97 Å². The lowest BCUT2D eigenvalue weighted by Gasteiger charge is -2.19. The Kier molecular flexibility index (Phi) is 3.36. The molecule has 0 aliphatic carbocycles. The van der Waals surface area contributed by atoms with Crippen LogP contribution in [0.3, 0.4) is 0 Å². The quantitative estimate of drug-likeness (QED) is 0.673. The third-order valence-corrected chi connectivity index (χ3v) is 2.51. The molecule has 19 heavy (non-hydrogen) atoms. The molecule has 2 N–H and O–H groups in total. The minimum atomic E-state index is -0.522. The topological polar surface area (TPSA) is 83.0 Å². The fourth-order valence-corrected chi connectivity index (χ4v) is 1.87. The number of carbonyl (C=O) groups excluding carboxylic acids is 1. The van der Waals surface area contributed by atoms with E-state index in [1.54, 1.807) is 16.8 Å². The van der Waals surface area contributed by atoms with Gasteiger partial charge in [-0.25, -0.2) is 4.98 Å². The van der Waals surface area contributed by atoms with Gasteiger partial charge < -0.3 is 15.0 Å². The van der Waals surface area contributed by atoms with E-state index in [4.69, 9.17) is 22.1 Å². The lowest BCUT2D eigenvalue weighted by atomic mass is 10.2. The highest BCUT2D eigenvalue weighted by molar-refractivity contribution is 6.28. The predicted octanol–water partition coefficient (Wildman–Crippen LogP) is 2.01. The summed E-state index contributed by atoms with van der Waals surface area (Å²) in [7, 11) is 0. The van der Waals surface area contributed by atoms with Crippen molar-refractivity contribution in [2.45, 2.75) is 32.9 Å². The summed E-state index contributed by atoms with van der Waals surface area (Å²) in [6.07, 6.45) is 1.70. The monoisotopic (exact) mass is 282 g/mol. The van der Waals surface area contributed by atoms with Gasteiger partial charge in [0.2, 0.25) is 5.28 Å². The number of ether oxygens (including phenoxy) is 1. The minimum Gasteiger partial charge on any atom is -0.459 e. The van der Waals surface area contributed by atoms with Gasteiger partial charge in [0, 0.05) is 6.20 Å². The van der Waals surface area contributed by atoms with Gasteiger partial charge in [-0.05, 0) is 38.4 Å². The van der Waals surface area contributed by atoms with Crippen LogP contribution in [0.25, 0.3) is 11.0 Å². The van der Waals surface area contributed by atoms with Crippen LogP contribution in [-0.4, -0.2) is 26.1 Å². The molecule has 2 aromatic rings. The second kappa shape index (κ2) is 4.70. The van der Waals surface area contributed by atoms with E-state index >= 15 is 0 Å². The summed E-state index contributed by atoms with van der Waals surface area (Å²) in [4.78, 5) is 19.7. The predicted molar refractivity (Wildman–Crippen MR) is 72.8 cm³/mol. The molecule has 0 saturated heterocycles. The summed E-state index contributed by atoms with van der Waals surface area (Å²) < 4.78 is 6.89. The van der Waals surface area contributed by atoms with E-state index in [0.717, 1.165) is 0 Å². The number of anilines is 1. The second-order valence-corrected chi connectivity index (χ2v) is 5.48. The lowest BCUT2D eigenvalue weighted by molar-refractivity contribution is -0.155. The van der Waals surface area contributed by atoms with Gasteiger partial charge in [-0.2, -0.15) is 4.98 Å². The number of hydrogen-bond acceptors (Lipinski definition) is 5. The van der Waals surface area contributed by atoms with E-state index in [0.29, 0.717) is 11.0 Å². The Bertz CT molecular complexity index is 630. The van der Waals surface area contributed by atoms with Gasteiger partial charge in [-0.3, -0.25) is 4.79 Å². The van der Waals surface area contributed by atoms with Crippen molar-refractivity contribution in [1.29, 1.82) is 0 Å². The molecule has 0 amide bonds. The fraction of sp³-hybridized carbons (Fsp3) is 0.417. The first-order valence-corrected chi connectivity index (χ1v) is 6.14. The smallest absolute Gasteiger partial charge is 0.326 e. The zero-order valence-electron chi connectivity index (χ0n) is 11.0. The van der Waals surface area contributed by atoms with Crippen LogP contribution in [0.5, 0.6) is 0 Å². The van der Waals surface area contributed by atoms with Crippen molar-refractivity contribution in [3.05, 3.63) is 17.5 Å².